The maximum absolute atomic E-state index is 11.0. The van der Waals surface area contributed by atoms with Gasteiger partial charge in [0.1, 0.15) is 24.5 Å². The maximum atomic E-state index is 11.0. The molecule has 0 spiro atoms. The van der Waals surface area contributed by atoms with E-state index in [1.54, 1.807) is 0 Å². The van der Waals surface area contributed by atoms with Gasteiger partial charge in [-0.1, -0.05) is 0 Å². The first-order valence-corrected chi connectivity index (χ1v) is 10.3. The molecule has 0 bridgehead atoms. The van der Waals surface area contributed by atoms with Crippen LogP contribution in [0.25, 0.3) is 11.2 Å². The number of hydrogen-bond donors (Lipinski definition) is 5. The summed E-state index contributed by atoms with van der Waals surface area (Å²) >= 11 is 0. The van der Waals surface area contributed by atoms with E-state index in [2.05, 4.69) is 15.0 Å². The van der Waals surface area contributed by atoms with Crippen molar-refractivity contribution in [2.75, 3.05) is 25.0 Å². The summed E-state index contributed by atoms with van der Waals surface area (Å²) in [5, 5.41) is 0. The van der Waals surface area contributed by atoms with Crippen LogP contribution in [-0.2, 0) is 25.1 Å². The Labute approximate surface area is 141 Å². The molecule has 0 unspecified atom stereocenters. The molecule has 2 rings (SSSR count). The van der Waals surface area contributed by atoms with Gasteiger partial charge in [0.05, 0.1) is 25.6 Å². The van der Waals surface area contributed by atoms with Crippen LogP contribution in [0.15, 0.2) is 12.7 Å². The topological polar surface area (TPSA) is 203 Å². The third kappa shape index (κ3) is 6.42. The van der Waals surface area contributed by atoms with Crippen molar-refractivity contribution in [1.82, 2.24) is 19.5 Å². The molecule has 0 fully saturated rings. The van der Waals surface area contributed by atoms with Gasteiger partial charge in [-0.15, -0.1) is 0 Å². The Balaban J connectivity index is 2.11. The Hall–Kier alpha value is -1.43. The molecule has 0 aliphatic carbocycles. The monoisotopic (exact) mass is 397 g/mol. The number of nitrogens with zero attached hydrogens (tertiary/aromatic N) is 4. The molecule has 140 valence electrons. The number of hydrogen-bond acceptors (Lipinski definition) is 8. The molecule has 0 aliphatic rings. The molecule has 0 saturated carbocycles. The highest BCUT2D eigenvalue weighted by Crippen LogP contribution is 2.35. The minimum absolute atomic E-state index is 0.00805. The lowest BCUT2D eigenvalue weighted by Crippen LogP contribution is -2.26. The minimum atomic E-state index is -4.43. The van der Waals surface area contributed by atoms with Crippen molar-refractivity contribution in [2.45, 2.75) is 12.6 Å². The van der Waals surface area contributed by atoms with E-state index < -0.39 is 34.0 Å². The second kappa shape index (κ2) is 7.85. The Morgan fingerprint density at radius 3 is 2.44 bits per heavy atom. The quantitative estimate of drug-likeness (QED) is 0.326. The SMILES string of the molecule is Nc1ncnc2c1ncn2C[C@@H](COCP(=O)(O)O)OCP(=O)(O)O. The van der Waals surface area contributed by atoms with Gasteiger partial charge in [0.15, 0.2) is 11.5 Å². The molecule has 0 aromatic carbocycles. The smallest absolute Gasteiger partial charge is 0.350 e. The summed E-state index contributed by atoms with van der Waals surface area (Å²) in [4.78, 5) is 47.3. The van der Waals surface area contributed by atoms with Gasteiger partial charge in [-0.05, 0) is 0 Å². The summed E-state index contributed by atoms with van der Waals surface area (Å²) in [6.07, 6.45) is -0.0331. The van der Waals surface area contributed by atoms with Gasteiger partial charge >= 0.3 is 15.2 Å². The molecule has 6 N–H and O–H groups in total. The molecular weight excluding hydrogens is 380 g/mol. The van der Waals surface area contributed by atoms with E-state index >= 15 is 0 Å². The fourth-order valence-electron chi connectivity index (χ4n) is 1.91. The summed E-state index contributed by atoms with van der Waals surface area (Å²) in [6.45, 7) is -0.306. The fourth-order valence-corrected chi connectivity index (χ4v) is 2.66. The lowest BCUT2D eigenvalue weighted by Gasteiger charge is -2.19. The third-order valence-corrected chi connectivity index (χ3v) is 3.88. The van der Waals surface area contributed by atoms with Crippen LogP contribution in [0, 0.1) is 0 Å². The lowest BCUT2D eigenvalue weighted by molar-refractivity contribution is -0.00338. The number of aromatic nitrogens is 4. The van der Waals surface area contributed by atoms with Crippen LogP contribution in [0.4, 0.5) is 5.82 Å². The predicted octanol–water partition coefficient (Wildman–Crippen LogP) is -0.919. The summed E-state index contributed by atoms with van der Waals surface area (Å²) in [5.74, 6) is 0.161. The van der Waals surface area contributed by atoms with Crippen molar-refractivity contribution in [3.63, 3.8) is 0 Å². The molecule has 13 nitrogen and oxygen atoms in total. The normalized spacial score (nSPS) is 14.1. The van der Waals surface area contributed by atoms with Crippen LogP contribution in [0.1, 0.15) is 0 Å². The Bertz CT molecular complexity index is 817. The second-order valence-electron chi connectivity index (χ2n) is 5.08. The highest BCUT2D eigenvalue weighted by molar-refractivity contribution is 7.51. The number of anilines is 1. The highest BCUT2D eigenvalue weighted by Gasteiger charge is 2.21. The van der Waals surface area contributed by atoms with Crippen molar-refractivity contribution in [3.8, 4) is 0 Å². The summed E-state index contributed by atoms with van der Waals surface area (Å²) in [5.41, 5.74) is 6.38. The summed E-state index contributed by atoms with van der Waals surface area (Å²) in [7, 11) is -8.81. The largest absolute Gasteiger partial charge is 0.382 e. The van der Waals surface area contributed by atoms with E-state index in [-0.39, 0.29) is 19.0 Å². The Kier molecular flexibility index (Phi) is 6.25. The molecule has 15 heteroatoms. The van der Waals surface area contributed by atoms with Crippen molar-refractivity contribution < 1.29 is 38.2 Å². The molecule has 2 heterocycles. The van der Waals surface area contributed by atoms with E-state index in [0.717, 1.165) is 0 Å². The average molecular weight is 397 g/mol. The molecule has 0 aliphatic heterocycles. The van der Waals surface area contributed by atoms with Gasteiger partial charge in [-0.2, -0.15) is 0 Å². The van der Waals surface area contributed by atoms with Crippen LogP contribution >= 0.6 is 15.2 Å². The second-order valence-corrected chi connectivity index (χ2v) is 8.25. The number of rotatable bonds is 9. The van der Waals surface area contributed by atoms with Crippen LogP contribution in [0.2, 0.25) is 0 Å². The van der Waals surface area contributed by atoms with Crippen molar-refractivity contribution in [3.05, 3.63) is 12.7 Å². The number of nitrogen functional groups attached to an aromatic ring is 1. The highest BCUT2D eigenvalue weighted by atomic mass is 31.2. The Morgan fingerprint density at radius 2 is 1.80 bits per heavy atom. The predicted molar refractivity (Wildman–Crippen MR) is 84.4 cm³/mol. The number of nitrogens with two attached hydrogens (primary N) is 1. The van der Waals surface area contributed by atoms with Gasteiger partial charge in [0.25, 0.3) is 0 Å². The molecule has 1 atom stereocenters. The molecule has 0 saturated heterocycles. The number of imidazole rings is 1. The zero-order valence-electron chi connectivity index (χ0n) is 12.7. The minimum Gasteiger partial charge on any atom is -0.382 e. The van der Waals surface area contributed by atoms with E-state index in [9.17, 15) is 9.13 Å². The molecule has 0 radical (unpaired) electrons. The maximum Gasteiger partial charge on any atom is 0.350 e. The number of ether oxygens (including phenoxy) is 2. The van der Waals surface area contributed by atoms with Crippen LogP contribution < -0.4 is 5.73 Å². The molecule has 0 amide bonds. The summed E-state index contributed by atoms with van der Waals surface area (Å²) in [6, 6.07) is 0. The number of fused-ring (bicyclic) bond motifs is 1. The van der Waals surface area contributed by atoms with E-state index in [4.69, 9.17) is 34.8 Å². The van der Waals surface area contributed by atoms with Crippen molar-refractivity contribution >= 4 is 32.2 Å². The summed E-state index contributed by atoms with van der Waals surface area (Å²) < 4.78 is 33.3. The van der Waals surface area contributed by atoms with Gasteiger partial charge in [0.2, 0.25) is 0 Å². The zero-order valence-corrected chi connectivity index (χ0v) is 14.5. The van der Waals surface area contributed by atoms with Gasteiger partial charge in [-0.25, -0.2) is 15.0 Å². The van der Waals surface area contributed by atoms with E-state index in [0.29, 0.717) is 11.2 Å². The third-order valence-electron chi connectivity index (χ3n) is 2.87. The average Bonchev–Trinajstić information content (AvgIpc) is 2.87. The van der Waals surface area contributed by atoms with Crippen LogP contribution in [-0.4, -0.2) is 64.5 Å². The van der Waals surface area contributed by atoms with Gasteiger partial charge in [0, 0.05) is 0 Å². The van der Waals surface area contributed by atoms with Crippen molar-refractivity contribution in [1.29, 1.82) is 0 Å². The van der Waals surface area contributed by atoms with E-state index in [1.807, 2.05) is 0 Å². The van der Waals surface area contributed by atoms with Gasteiger partial charge < -0.3 is 39.3 Å². The molecule has 2 aromatic heterocycles. The van der Waals surface area contributed by atoms with Crippen LogP contribution in [0.3, 0.4) is 0 Å². The first kappa shape index (κ1) is 19.9. The zero-order chi connectivity index (χ0) is 18.7. The van der Waals surface area contributed by atoms with Crippen molar-refractivity contribution in [2.24, 2.45) is 0 Å². The lowest BCUT2D eigenvalue weighted by atomic mass is 10.3. The first-order valence-electron chi connectivity index (χ1n) is 6.75. The molecular formula is C10H17N5O8P2. The molecule has 2 aromatic rings. The van der Waals surface area contributed by atoms with Crippen LogP contribution in [0.5, 0.6) is 0 Å². The Morgan fingerprint density at radius 1 is 1.12 bits per heavy atom. The first-order chi connectivity index (χ1) is 11.6. The molecule has 25 heavy (non-hydrogen) atoms. The standard InChI is InChI=1S/C10H17N5O8P2/c11-9-8-10(13-3-12-9)15(4-14-8)1-7(23-6-25(19,20)21)2-22-5-24(16,17)18/h3-4,7H,1-2,5-6H2,(H2,11,12,13)(H2,16,17,18)(H2,19,20,21)/t7-/m0/s1. The van der Waals surface area contributed by atoms with E-state index in [1.165, 1.54) is 17.2 Å². The fraction of sp³-hybridized carbons (Fsp3) is 0.500. The van der Waals surface area contributed by atoms with Gasteiger partial charge in [-0.3, -0.25) is 9.13 Å².